The molecule has 0 saturated carbocycles. The molecule has 1 aromatic heterocycles. The molecule has 0 bridgehead atoms. The number of carbonyl (C=O) groups excluding carboxylic acids is 1. The van der Waals surface area contributed by atoms with E-state index in [2.05, 4.69) is 17.1 Å². The summed E-state index contributed by atoms with van der Waals surface area (Å²) in [6.45, 7) is 0. The van der Waals surface area contributed by atoms with E-state index in [0.717, 1.165) is 15.7 Å². The van der Waals surface area contributed by atoms with Gasteiger partial charge in [0.25, 0.3) is 0 Å². The van der Waals surface area contributed by atoms with Crippen molar-refractivity contribution in [2.24, 2.45) is 0 Å². The van der Waals surface area contributed by atoms with E-state index < -0.39 is 0 Å². The number of hydrogen-bond donors (Lipinski definition) is 0. The molecule has 0 unspecified atom stereocenters. The van der Waals surface area contributed by atoms with Gasteiger partial charge >= 0.3 is 141 Å². The van der Waals surface area contributed by atoms with E-state index in [1.165, 1.54) is 11.6 Å². The fourth-order valence-electron chi connectivity index (χ4n) is 2.20. The molecule has 3 rings (SSSR count). The molecule has 0 aliphatic carbocycles. The van der Waals surface area contributed by atoms with Crippen molar-refractivity contribution in [2.75, 3.05) is 7.11 Å². The Bertz CT molecular complexity index is 804. The van der Waals surface area contributed by atoms with Crippen molar-refractivity contribution in [3.8, 4) is 11.3 Å². The van der Waals surface area contributed by atoms with Gasteiger partial charge in [-0.3, -0.25) is 0 Å². The van der Waals surface area contributed by atoms with Crippen LogP contribution in [-0.4, -0.2) is 33.0 Å². The second-order valence-corrected chi connectivity index (χ2v) is 7.17. The van der Waals surface area contributed by atoms with Crippen LogP contribution in [0, 0.1) is 0 Å². The topological polar surface area (TPSA) is 39.2 Å². The van der Waals surface area contributed by atoms with Crippen molar-refractivity contribution in [1.29, 1.82) is 0 Å². The molecule has 3 nitrogen and oxygen atoms in total. The van der Waals surface area contributed by atoms with Crippen molar-refractivity contribution in [1.82, 2.24) is 4.98 Å². The van der Waals surface area contributed by atoms with E-state index in [0.29, 0.717) is 5.56 Å². The molecule has 0 amide bonds. The van der Waals surface area contributed by atoms with E-state index in [9.17, 15) is 4.79 Å². The molecule has 0 N–H and O–H groups in total. The first kappa shape index (κ1) is 15.5. The quantitative estimate of drug-likeness (QED) is 0.524. The summed E-state index contributed by atoms with van der Waals surface area (Å²) in [4.78, 5) is 16.3. The molecule has 0 aliphatic heterocycles. The summed E-state index contributed by atoms with van der Waals surface area (Å²) in [6.07, 6.45) is 1.78. The Morgan fingerprint density at radius 3 is 2.48 bits per heavy atom. The average molecular weight is 368 g/mol. The van der Waals surface area contributed by atoms with Crippen molar-refractivity contribution in [3.63, 3.8) is 0 Å². The summed E-state index contributed by atoms with van der Waals surface area (Å²) in [6, 6.07) is 21.8. The fraction of sp³-hybridized carbons (Fsp3) is 0.0526. The maximum absolute atomic E-state index is 11.8. The van der Waals surface area contributed by atoms with Crippen LogP contribution in [-0.2, 0) is 4.74 Å². The predicted molar refractivity (Wildman–Crippen MR) is 92.5 cm³/mol. The molecule has 0 spiro atoms. The van der Waals surface area contributed by atoms with E-state index in [1.807, 2.05) is 48.5 Å². The third-order valence-electron chi connectivity index (χ3n) is 3.31. The number of rotatable bonds is 4. The van der Waals surface area contributed by atoms with Crippen LogP contribution >= 0.6 is 0 Å². The molecule has 23 heavy (non-hydrogen) atoms. The number of hydrogen-bond acceptors (Lipinski definition) is 3. The maximum atomic E-state index is 11.8. The molecular formula is C19H15NO2Se. The van der Waals surface area contributed by atoms with Crippen molar-refractivity contribution < 1.29 is 9.53 Å². The normalized spacial score (nSPS) is 10.3. The molecule has 0 radical (unpaired) electrons. The van der Waals surface area contributed by atoms with Gasteiger partial charge in [0.1, 0.15) is 0 Å². The van der Waals surface area contributed by atoms with E-state index in [4.69, 9.17) is 4.74 Å². The number of benzene rings is 2. The second-order valence-electron chi connectivity index (χ2n) is 4.83. The zero-order valence-corrected chi connectivity index (χ0v) is 14.3. The van der Waals surface area contributed by atoms with Crippen LogP contribution in [0.4, 0.5) is 0 Å². The number of carbonyl (C=O) groups is 1. The molecular weight excluding hydrogens is 353 g/mol. The number of ether oxygens (including phenoxy) is 1. The van der Waals surface area contributed by atoms with Gasteiger partial charge in [-0.15, -0.1) is 0 Å². The molecule has 0 atom stereocenters. The summed E-state index contributed by atoms with van der Waals surface area (Å²) in [5.41, 5.74) is 2.54. The molecule has 4 heteroatoms. The van der Waals surface area contributed by atoms with Crippen LogP contribution < -0.4 is 8.92 Å². The summed E-state index contributed by atoms with van der Waals surface area (Å²) in [5.74, 6) is -0.317. The van der Waals surface area contributed by atoms with Gasteiger partial charge in [0.15, 0.2) is 0 Å². The van der Waals surface area contributed by atoms with Crippen LogP contribution in [0.3, 0.4) is 0 Å². The minimum atomic E-state index is -0.317. The first-order valence-electron chi connectivity index (χ1n) is 7.14. The van der Waals surface area contributed by atoms with Gasteiger partial charge in [-0.2, -0.15) is 0 Å². The number of aromatic nitrogens is 1. The molecule has 0 fully saturated rings. The Kier molecular flexibility index (Phi) is 4.86. The zero-order valence-electron chi connectivity index (χ0n) is 12.6. The van der Waals surface area contributed by atoms with E-state index in [-0.39, 0.29) is 20.9 Å². The number of methoxy groups -OCH3 is 1. The van der Waals surface area contributed by atoms with Crippen LogP contribution in [0.1, 0.15) is 10.4 Å². The Hall–Kier alpha value is -2.42. The number of pyridine rings is 1. The summed E-state index contributed by atoms with van der Waals surface area (Å²) in [7, 11) is 1.40. The summed E-state index contributed by atoms with van der Waals surface area (Å²) in [5, 5.41) is 0. The standard InChI is InChI=1S/C19H15NO2Se/c1-22-19(21)14-10-11-16(17-9-5-6-12-20-17)18(13-14)23-15-7-3-2-4-8-15/h2-13H,1H3. The fourth-order valence-corrected chi connectivity index (χ4v) is 4.33. The Balaban J connectivity index is 2.06. The van der Waals surface area contributed by atoms with Gasteiger partial charge in [-0.1, -0.05) is 0 Å². The van der Waals surface area contributed by atoms with Crippen molar-refractivity contribution in [3.05, 3.63) is 78.5 Å². The summed E-state index contributed by atoms with van der Waals surface area (Å²) >= 11 is 0.0815. The van der Waals surface area contributed by atoms with E-state index >= 15 is 0 Å². The van der Waals surface area contributed by atoms with Crippen LogP contribution in [0.25, 0.3) is 11.3 Å². The zero-order chi connectivity index (χ0) is 16.1. The molecule has 1 heterocycles. The van der Waals surface area contributed by atoms with Gasteiger partial charge in [0.05, 0.1) is 0 Å². The first-order valence-corrected chi connectivity index (χ1v) is 8.86. The number of esters is 1. The third kappa shape index (κ3) is 3.67. The monoisotopic (exact) mass is 369 g/mol. The van der Waals surface area contributed by atoms with Gasteiger partial charge in [0, 0.05) is 0 Å². The van der Waals surface area contributed by atoms with Gasteiger partial charge < -0.3 is 0 Å². The molecule has 2 aromatic carbocycles. The third-order valence-corrected chi connectivity index (χ3v) is 5.55. The number of nitrogens with zero attached hydrogens (tertiary/aromatic N) is 1. The van der Waals surface area contributed by atoms with Gasteiger partial charge in [-0.25, -0.2) is 0 Å². The Morgan fingerprint density at radius 2 is 1.78 bits per heavy atom. The van der Waals surface area contributed by atoms with E-state index in [1.54, 1.807) is 12.3 Å². The Labute approximate surface area is 141 Å². The van der Waals surface area contributed by atoms with Crippen molar-refractivity contribution >= 4 is 29.8 Å². The molecule has 0 aliphatic rings. The van der Waals surface area contributed by atoms with Gasteiger partial charge in [0.2, 0.25) is 0 Å². The van der Waals surface area contributed by atoms with Crippen molar-refractivity contribution in [2.45, 2.75) is 0 Å². The van der Waals surface area contributed by atoms with Crippen LogP contribution in [0.2, 0.25) is 0 Å². The predicted octanol–water partition coefficient (Wildman–Crippen LogP) is 2.19. The second kappa shape index (κ2) is 7.23. The van der Waals surface area contributed by atoms with Crippen LogP contribution in [0.15, 0.2) is 72.9 Å². The molecule has 0 saturated heterocycles. The first-order chi connectivity index (χ1) is 11.3. The average Bonchev–Trinajstić information content (AvgIpc) is 2.62. The molecule has 3 aromatic rings. The Morgan fingerprint density at radius 1 is 1.00 bits per heavy atom. The van der Waals surface area contributed by atoms with Gasteiger partial charge in [-0.05, 0) is 0 Å². The summed E-state index contributed by atoms with van der Waals surface area (Å²) < 4.78 is 7.20. The molecule has 114 valence electrons. The minimum absolute atomic E-state index is 0.0815. The SMILES string of the molecule is COC(=O)c1ccc(-c2ccccn2)c([Se]c2ccccc2)c1. The van der Waals surface area contributed by atoms with Crippen LogP contribution in [0.5, 0.6) is 0 Å².